The largest absolute Gasteiger partial charge is 0.264 e. The summed E-state index contributed by atoms with van der Waals surface area (Å²) < 4.78 is 0. The Morgan fingerprint density at radius 1 is 1.38 bits per heavy atom. The molecule has 0 aromatic carbocycles. The van der Waals surface area contributed by atoms with Gasteiger partial charge in [-0.1, -0.05) is 20.8 Å². The van der Waals surface area contributed by atoms with E-state index in [0.29, 0.717) is 5.41 Å². The molecule has 0 unspecified atom stereocenters. The summed E-state index contributed by atoms with van der Waals surface area (Å²) in [6.45, 7) is 6.98. The van der Waals surface area contributed by atoms with Crippen molar-refractivity contribution in [2.24, 2.45) is 5.41 Å². The topological polar surface area (TPSA) is 12.9 Å². The second-order valence-corrected chi connectivity index (χ2v) is 5.03. The molecule has 0 fully saturated rings. The lowest BCUT2D eigenvalue weighted by atomic mass is 9.77. The molecule has 0 saturated carbocycles. The number of pyridine rings is 1. The average Bonchev–Trinajstić information content (AvgIpc) is 2.45. The van der Waals surface area contributed by atoms with Crippen LogP contribution in [0.1, 0.15) is 44.2 Å². The minimum absolute atomic E-state index is 0.395. The van der Waals surface area contributed by atoms with Crippen molar-refractivity contribution in [3.8, 4) is 0 Å². The highest BCUT2D eigenvalue weighted by Crippen LogP contribution is 2.44. The van der Waals surface area contributed by atoms with Crippen LogP contribution in [0, 0.1) is 5.41 Å². The molecule has 0 saturated heterocycles. The van der Waals surface area contributed by atoms with Crippen molar-refractivity contribution in [2.45, 2.75) is 39.5 Å². The third-order valence-electron chi connectivity index (χ3n) is 3.06. The number of fused-ring (bicyclic) bond motifs is 1. The Kier molecular flexibility index (Phi) is 1.90. The van der Waals surface area contributed by atoms with E-state index >= 15 is 0 Å². The summed E-state index contributed by atoms with van der Waals surface area (Å²) in [5, 5.41) is 0. The lowest BCUT2D eigenvalue weighted by Crippen LogP contribution is -2.15. The van der Waals surface area contributed by atoms with E-state index in [-0.39, 0.29) is 0 Å². The lowest BCUT2D eigenvalue weighted by molar-refractivity contribution is 0.319. The molecule has 1 nitrogen and oxygen atoms in total. The zero-order chi connectivity index (χ0) is 9.47. The number of hydrogen-bond donors (Lipinski definition) is 0. The van der Waals surface area contributed by atoms with Gasteiger partial charge in [0.15, 0.2) is 0 Å². The molecule has 1 aliphatic rings. The van der Waals surface area contributed by atoms with Crippen LogP contribution in [0.4, 0.5) is 0 Å². The van der Waals surface area contributed by atoms with Gasteiger partial charge >= 0.3 is 0 Å². The first-order chi connectivity index (χ1) is 6.09. The third kappa shape index (κ3) is 1.48. The van der Waals surface area contributed by atoms with E-state index in [4.69, 9.17) is 0 Å². The van der Waals surface area contributed by atoms with Crippen LogP contribution >= 0.6 is 0 Å². The smallest absolute Gasteiger partial charge is 0.0302 e. The Morgan fingerprint density at radius 2 is 2.15 bits per heavy atom. The number of nitrogens with zero attached hydrogens (tertiary/aromatic N) is 1. The van der Waals surface area contributed by atoms with Crippen LogP contribution < -0.4 is 0 Å². The molecule has 13 heavy (non-hydrogen) atoms. The first-order valence-electron chi connectivity index (χ1n) is 5.02. The Labute approximate surface area is 80.2 Å². The summed E-state index contributed by atoms with van der Waals surface area (Å²) >= 11 is 0. The second-order valence-electron chi connectivity index (χ2n) is 5.03. The molecule has 0 aliphatic heterocycles. The molecule has 1 aromatic heterocycles. The Bertz CT molecular complexity index is 309. The molecule has 0 spiro atoms. The average molecular weight is 175 g/mol. The zero-order valence-corrected chi connectivity index (χ0v) is 8.67. The molecule has 2 rings (SSSR count). The van der Waals surface area contributed by atoms with E-state index < -0.39 is 0 Å². The second kappa shape index (κ2) is 2.83. The lowest BCUT2D eigenvalue weighted by Gasteiger charge is -2.27. The molecule has 0 bridgehead atoms. The van der Waals surface area contributed by atoms with Crippen LogP contribution in [0.2, 0.25) is 0 Å². The summed E-state index contributed by atoms with van der Waals surface area (Å²) in [5.41, 5.74) is 3.39. The highest BCUT2D eigenvalue weighted by Gasteiger charge is 2.31. The first-order valence-corrected chi connectivity index (χ1v) is 5.02. The zero-order valence-electron chi connectivity index (χ0n) is 8.67. The molecular weight excluding hydrogens is 158 g/mol. The van der Waals surface area contributed by atoms with Gasteiger partial charge in [0.25, 0.3) is 0 Å². The molecule has 1 aromatic rings. The van der Waals surface area contributed by atoms with Crippen molar-refractivity contribution in [3.05, 3.63) is 29.6 Å². The molecule has 0 N–H and O–H groups in total. The fourth-order valence-electron chi connectivity index (χ4n) is 2.34. The molecule has 1 heteroatoms. The summed E-state index contributed by atoms with van der Waals surface area (Å²) in [6, 6.07) is 2.19. The Balaban J connectivity index is 2.39. The van der Waals surface area contributed by atoms with Gasteiger partial charge in [0.1, 0.15) is 0 Å². The predicted octanol–water partition coefficient (Wildman–Crippen LogP) is 3.16. The standard InChI is InChI=1S/C12H17N/c1-12(2,3)11-5-4-9-8-13-7-6-10(9)11/h6-8,11H,4-5H2,1-3H3/t11-/m1/s1. The fraction of sp³-hybridized carbons (Fsp3) is 0.583. The van der Waals surface area contributed by atoms with Crippen LogP contribution in [-0.4, -0.2) is 4.98 Å². The highest BCUT2D eigenvalue weighted by molar-refractivity contribution is 5.33. The van der Waals surface area contributed by atoms with Gasteiger partial charge in [-0.15, -0.1) is 0 Å². The summed E-state index contributed by atoms with van der Waals surface area (Å²) in [6.07, 6.45) is 6.46. The summed E-state index contributed by atoms with van der Waals surface area (Å²) in [5.74, 6) is 0.727. The molecule has 1 atom stereocenters. The van der Waals surface area contributed by atoms with Crippen molar-refractivity contribution >= 4 is 0 Å². The summed E-state index contributed by atoms with van der Waals surface area (Å²) in [4.78, 5) is 4.17. The van der Waals surface area contributed by atoms with Gasteiger partial charge in [-0.3, -0.25) is 4.98 Å². The SMILES string of the molecule is CC(C)(C)[C@@H]1CCc2cnccc21. The van der Waals surface area contributed by atoms with Crippen LogP contribution in [-0.2, 0) is 6.42 Å². The van der Waals surface area contributed by atoms with E-state index in [1.807, 2.05) is 12.4 Å². The van der Waals surface area contributed by atoms with Gasteiger partial charge < -0.3 is 0 Å². The Hall–Kier alpha value is -0.850. The fourth-order valence-corrected chi connectivity index (χ4v) is 2.34. The Morgan fingerprint density at radius 3 is 2.85 bits per heavy atom. The number of hydrogen-bond acceptors (Lipinski definition) is 1. The third-order valence-corrected chi connectivity index (χ3v) is 3.06. The molecule has 0 radical (unpaired) electrons. The van der Waals surface area contributed by atoms with E-state index in [1.165, 1.54) is 24.0 Å². The quantitative estimate of drug-likeness (QED) is 0.590. The van der Waals surface area contributed by atoms with Gasteiger partial charge in [-0.2, -0.15) is 0 Å². The molecular formula is C12H17N. The maximum absolute atomic E-state index is 4.17. The van der Waals surface area contributed by atoms with Crippen molar-refractivity contribution in [2.75, 3.05) is 0 Å². The maximum atomic E-state index is 4.17. The number of rotatable bonds is 0. The number of aryl methyl sites for hydroxylation is 1. The van der Waals surface area contributed by atoms with Gasteiger partial charge in [-0.05, 0) is 41.4 Å². The highest BCUT2D eigenvalue weighted by atomic mass is 14.6. The first kappa shape index (κ1) is 8.74. The molecule has 1 heterocycles. The molecule has 70 valence electrons. The predicted molar refractivity (Wildman–Crippen MR) is 54.8 cm³/mol. The van der Waals surface area contributed by atoms with E-state index in [2.05, 4.69) is 31.8 Å². The van der Waals surface area contributed by atoms with Crippen molar-refractivity contribution in [3.63, 3.8) is 0 Å². The monoisotopic (exact) mass is 175 g/mol. The normalized spacial score (nSPS) is 21.6. The van der Waals surface area contributed by atoms with Crippen LogP contribution in [0.25, 0.3) is 0 Å². The van der Waals surface area contributed by atoms with Gasteiger partial charge in [0.05, 0.1) is 0 Å². The van der Waals surface area contributed by atoms with E-state index in [1.54, 1.807) is 0 Å². The van der Waals surface area contributed by atoms with Crippen LogP contribution in [0.15, 0.2) is 18.5 Å². The molecule has 1 aliphatic carbocycles. The van der Waals surface area contributed by atoms with Crippen LogP contribution in [0.5, 0.6) is 0 Å². The minimum atomic E-state index is 0.395. The van der Waals surface area contributed by atoms with E-state index in [0.717, 1.165) is 5.92 Å². The van der Waals surface area contributed by atoms with Crippen molar-refractivity contribution in [1.82, 2.24) is 4.98 Å². The van der Waals surface area contributed by atoms with Crippen molar-refractivity contribution in [1.29, 1.82) is 0 Å². The maximum Gasteiger partial charge on any atom is 0.0302 e. The number of aromatic nitrogens is 1. The summed E-state index contributed by atoms with van der Waals surface area (Å²) in [7, 11) is 0. The molecule has 0 amide bonds. The minimum Gasteiger partial charge on any atom is -0.264 e. The van der Waals surface area contributed by atoms with Gasteiger partial charge in [0.2, 0.25) is 0 Å². The van der Waals surface area contributed by atoms with Gasteiger partial charge in [-0.25, -0.2) is 0 Å². The van der Waals surface area contributed by atoms with Crippen molar-refractivity contribution < 1.29 is 0 Å². The van der Waals surface area contributed by atoms with Gasteiger partial charge in [0, 0.05) is 12.4 Å². The van der Waals surface area contributed by atoms with E-state index in [9.17, 15) is 0 Å². The van der Waals surface area contributed by atoms with Crippen LogP contribution in [0.3, 0.4) is 0 Å².